The van der Waals surface area contributed by atoms with E-state index in [-0.39, 0.29) is 46.9 Å². The third-order valence-electron chi connectivity index (χ3n) is 6.66. The maximum absolute atomic E-state index is 15.8. The van der Waals surface area contributed by atoms with Crippen molar-refractivity contribution in [3.05, 3.63) is 81.9 Å². The van der Waals surface area contributed by atoms with Crippen molar-refractivity contribution in [2.24, 2.45) is 5.73 Å². The Bertz CT molecular complexity index is 1400. The first-order valence-electron chi connectivity index (χ1n) is 11.4. The molecular weight excluding hydrogens is 522 g/mol. The number of hydrogen-bond acceptors (Lipinski definition) is 5. The fraction of sp³-hybridized carbons (Fsp3) is 0.259. The molecule has 0 spiro atoms. The molecule has 0 bridgehead atoms. The molecule has 2 atom stereocenters. The van der Waals surface area contributed by atoms with Gasteiger partial charge < -0.3 is 30.0 Å². The van der Waals surface area contributed by atoms with E-state index in [2.05, 4.69) is 0 Å². The molecule has 4 rings (SSSR count). The largest absolute Gasteiger partial charge is 0.494 e. The Morgan fingerprint density at radius 2 is 1.84 bits per heavy atom. The number of ether oxygens (including phenoxy) is 3. The lowest BCUT2D eigenvalue weighted by molar-refractivity contribution is 0.00739. The second-order valence-corrected chi connectivity index (χ2v) is 9.21. The third kappa shape index (κ3) is 4.39. The summed E-state index contributed by atoms with van der Waals surface area (Å²) in [5.74, 6) is -3.95. The van der Waals surface area contributed by atoms with E-state index in [1.807, 2.05) is 0 Å². The summed E-state index contributed by atoms with van der Waals surface area (Å²) in [5.41, 5.74) is 4.16. The summed E-state index contributed by atoms with van der Waals surface area (Å²) in [6, 6.07) is 12.3. The van der Waals surface area contributed by atoms with Gasteiger partial charge in [0.2, 0.25) is 5.91 Å². The smallest absolute Gasteiger partial charge is 0.407 e. The number of benzene rings is 3. The fourth-order valence-corrected chi connectivity index (χ4v) is 5.23. The molecule has 3 aromatic rings. The predicted molar refractivity (Wildman–Crippen MR) is 136 cm³/mol. The summed E-state index contributed by atoms with van der Waals surface area (Å²) in [4.78, 5) is 25.3. The zero-order valence-corrected chi connectivity index (χ0v) is 21.5. The molecular formula is C27H25ClF2N2O6. The van der Waals surface area contributed by atoms with E-state index in [0.717, 1.165) is 11.0 Å². The van der Waals surface area contributed by atoms with Crippen molar-refractivity contribution in [3.8, 4) is 22.6 Å². The van der Waals surface area contributed by atoms with Crippen molar-refractivity contribution >= 4 is 23.6 Å². The van der Waals surface area contributed by atoms with Crippen LogP contribution >= 0.6 is 11.6 Å². The van der Waals surface area contributed by atoms with Crippen LogP contribution in [0.25, 0.3) is 11.1 Å². The molecule has 38 heavy (non-hydrogen) atoms. The molecule has 0 saturated carbocycles. The number of rotatable bonds is 8. The van der Waals surface area contributed by atoms with Gasteiger partial charge in [-0.3, -0.25) is 4.79 Å². The molecule has 1 heterocycles. The minimum atomic E-state index is -1.43. The van der Waals surface area contributed by atoms with Crippen LogP contribution in [0, 0.1) is 11.6 Å². The van der Waals surface area contributed by atoms with E-state index >= 15 is 8.78 Å². The number of carbonyl (C=O) groups is 2. The summed E-state index contributed by atoms with van der Waals surface area (Å²) in [6.07, 6.45) is -1.23. The average Bonchev–Trinajstić information content (AvgIpc) is 3.18. The summed E-state index contributed by atoms with van der Waals surface area (Å²) in [5, 5.41) is 9.22. The lowest BCUT2D eigenvalue weighted by Crippen LogP contribution is -2.48. The normalized spacial score (nSPS) is 18.0. The van der Waals surface area contributed by atoms with Gasteiger partial charge in [-0.15, -0.1) is 0 Å². The van der Waals surface area contributed by atoms with Crippen LogP contribution in [0.4, 0.5) is 13.6 Å². The van der Waals surface area contributed by atoms with Gasteiger partial charge in [-0.2, -0.15) is 0 Å². The van der Waals surface area contributed by atoms with Crippen LogP contribution in [-0.4, -0.2) is 56.4 Å². The minimum Gasteiger partial charge on any atom is -0.494 e. The third-order valence-corrected chi connectivity index (χ3v) is 7.03. The van der Waals surface area contributed by atoms with Gasteiger partial charge in [0.1, 0.15) is 11.6 Å². The SMILES string of the molecule is COC[C@H]1c2c(cc(F)c(Cl)c2-c2c(C(N)=O)ccc(OC)c2F)O[C@]1(CN(C)C(=O)O)c1ccccc1. The van der Waals surface area contributed by atoms with Crippen molar-refractivity contribution in [2.45, 2.75) is 11.5 Å². The van der Waals surface area contributed by atoms with Crippen molar-refractivity contribution in [1.82, 2.24) is 4.90 Å². The van der Waals surface area contributed by atoms with Crippen LogP contribution in [0.3, 0.4) is 0 Å². The van der Waals surface area contributed by atoms with Crippen LogP contribution in [0.5, 0.6) is 11.5 Å². The van der Waals surface area contributed by atoms with Crippen LogP contribution in [-0.2, 0) is 10.3 Å². The van der Waals surface area contributed by atoms with Gasteiger partial charge >= 0.3 is 6.09 Å². The van der Waals surface area contributed by atoms with Gasteiger partial charge in [0.05, 0.1) is 36.8 Å². The first kappa shape index (κ1) is 27.2. The number of carbonyl (C=O) groups excluding carboxylic acids is 1. The molecule has 3 aromatic carbocycles. The molecule has 3 N–H and O–H groups in total. The molecule has 0 unspecified atom stereocenters. The highest BCUT2D eigenvalue weighted by molar-refractivity contribution is 6.34. The number of nitrogens with zero attached hydrogens (tertiary/aromatic N) is 1. The van der Waals surface area contributed by atoms with Crippen molar-refractivity contribution in [1.29, 1.82) is 0 Å². The molecule has 1 aliphatic heterocycles. The topological polar surface area (TPSA) is 111 Å². The average molecular weight is 547 g/mol. The standard InChI is InChI=1S/C27H25ClF2N2O6/c1-32(26(34)35)13-27(14-7-5-4-6-8-14)16(12-36-2)21-19(38-27)11-17(29)23(28)22(21)20-15(25(31)33)9-10-18(37-3)24(20)30/h4-11,16H,12-13H2,1-3H3,(H2,31,33)(H,34,35)/t16-,27+/m0/s1. The number of primary amides is 1. The fourth-order valence-electron chi connectivity index (χ4n) is 4.98. The Morgan fingerprint density at radius 1 is 1.16 bits per heavy atom. The van der Waals surface area contributed by atoms with E-state index in [1.54, 1.807) is 30.3 Å². The summed E-state index contributed by atoms with van der Waals surface area (Å²) >= 11 is 6.48. The van der Waals surface area contributed by atoms with Gasteiger partial charge in [-0.25, -0.2) is 13.6 Å². The van der Waals surface area contributed by atoms with Gasteiger partial charge in [0, 0.05) is 36.9 Å². The Kier molecular flexibility index (Phi) is 7.48. The maximum atomic E-state index is 15.8. The molecule has 0 saturated heterocycles. The van der Waals surface area contributed by atoms with Gasteiger partial charge in [-0.05, 0) is 17.7 Å². The van der Waals surface area contributed by atoms with Crippen molar-refractivity contribution in [2.75, 3.05) is 34.4 Å². The van der Waals surface area contributed by atoms with Crippen molar-refractivity contribution in [3.63, 3.8) is 0 Å². The number of nitrogens with two attached hydrogens (primary N) is 1. The van der Waals surface area contributed by atoms with E-state index in [0.29, 0.717) is 5.56 Å². The number of hydrogen-bond donors (Lipinski definition) is 2. The second kappa shape index (κ2) is 10.5. The maximum Gasteiger partial charge on any atom is 0.407 e. The Hall–Kier alpha value is -3.89. The van der Waals surface area contributed by atoms with Crippen LogP contribution in [0.15, 0.2) is 48.5 Å². The van der Waals surface area contributed by atoms with Crippen molar-refractivity contribution < 1.29 is 37.7 Å². The highest BCUT2D eigenvalue weighted by atomic mass is 35.5. The number of fused-ring (bicyclic) bond motifs is 1. The molecule has 11 heteroatoms. The summed E-state index contributed by atoms with van der Waals surface area (Å²) < 4.78 is 48.2. The van der Waals surface area contributed by atoms with Crippen LogP contribution in [0.1, 0.15) is 27.4 Å². The number of amides is 2. The molecule has 0 fully saturated rings. The zero-order valence-electron chi connectivity index (χ0n) is 20.8. The zero-order chi connectivity index (χ0) is 27.8. The summed E-state index contributed by atoms with van der Waals surface area (Å²) in [6.45, 7) is -0.251. The quantitative estimate of drug-likeness (QED) is 0.410. The van der Waals surface area contributed by atoms with Gasteiger partial charge in [0.15, 0.2) is 17.2 Å². The first-order valence-corrected chi connectivity index (χ1v) is 11.8. The van der Waals surface area contributed by atoms with Crippen LogP contribution < -0.4 is 15.2 Å². The van der Waals surface area contributed by atoms with Crippen LogP contribution in [0.2, 0.25) is 5.02 Å². The molecule has 8 nitrogen and oxygen atoms in total. The Labute approximate surface area is 222 Å². The van der Waals surface area contributed by atoms with E-state index in [9.17, 15) is 14.7 Å². The number of methoxy groups -OCH3 is 2. The Morgan fingerprint density at radius 3 is 2.42 bits per heavy atom. The van der Waals surface area contributed by atoms with E-state index in [1.165, 1.54) is 33.4 Å². The molecule has 200 valence electrons. The number of halogens is 3. The molecule has 2 amide bonds. The highest BCUT2D eigenvalue weighted by Crippen LogP contribution is 2.57. The Balaban J connectivity index is 2.11. The monoisotopic (exact) mass is 546 g/mol. The highest BCUT2D eigenvalue weighted by Gasteiger charge is 2.53. The van der Waals surface area contributed by atoms with Gasteiger partial charge in [-0.1, -0.05) is 41.9 Å². The molecule has 0 aliphatic carbocycles. The van der Waals surface area contributed by atoms with E-state index < -0.39 is 40.2 Å². The minimum absolute atomic E-state index is 0.00997. The molecule has 0 radical (unpaired) electrons. The molecule has 1 aliphatic rings. The predicted octanol–water partition coefficient (Wildman–Crippen LogP) is 5.02. The van der Waals surface area contributed by atoms with Gasteiger partial charge in [0.25, 0.3) is 0 Å². The summed E-state index contributed by atoms with van der Waals surface area (Å²) in [7, 11) is 4.04. The lowest BCUT2D eigenvalue weighted by atomic mass is 9.76. The molecule has 0 aromatic heterocycles. The first-order chi connectivity index (χ1) is 18.1. The lowest BCUT2D eigenvalue weighted by Gasteiger charge is -2.37. The number of carboxylic acid groups (broad SMARTS) is 1. The number of likely N-dealkylation sites (N-methyl/N-ethyl adjacent to an activating group) is 1. The van der Waals surface area contributed by atoms with E-state index in [4.69, 9.17) is 31.5 Å². The second-order valence-electron chi connectivity index (χ2n) is 8.83.